The van der Waals surface area contributed by atoms with E-state index >= 15 is 0 Å². The van der Waals surface area contributed by atoms with Crippen molar-refractivity contribution in [2.45, 2.75) is 30.3 Å². The minimum Gasteiger partial charge on any atom is -0.350 e. The summed E-state index contributed by atoms with van der Waals surface area (Å²) in [6.45, 7) is 0.586. The zero-order chi connectivity index (χ0) is 18.6. The molecule has 2 aromatic carbocycles. The summed E-state index contributed by atoms with van der Waals surface area (Å²) in [4.78, 5) is 12.3. The average molecular weight is 373 g/mol. The molecule has 1 saturated carbocycles. The van der Waals surface area contributed by atoms with E-state index in [9.17, 15) is 13.2 Å². The van der Waals surface area contributed by atoms with Crippen LogP contribution in [0.5, 0.6) is 0 Å². The van der Waals surface area contributed by atoms with Gasteiger partial charge in [-0.25, -0.2) is 13.1 Å². The van der Waals surface area contributed by atoms with E-state index in [1.165, 1.54) is 12.1 Å². The van der Waals surface area contributed by atoms with Gasteiger partial charge < -0.3 is 11.1 Å². The Hall–Kier alpha value is -2.22. The van der Waals surface area contributed by atoms with Crippen molar-refractivity contribution in [1.29, 1.82) is 0 Å². The van der Waals surface area contributed by atoms with Gasteiger partial charge in [-0.05, 0) is 42.5 Å². The Morgan fingerprint density at radius 2 is 1.85 bits per heavy atom. The quantitative estimate of drug-likeness (QED) is 0.655. The van der Waals surface area contributed by atoms with Crippen molar-refractivity contribution in [1.82, 2.24) is 10.0 Å². The molecule has 0 radical (unpaired) electrons. The van der Waals surface area contributed by atoms with Gasteiger partial charge in [0, 0.05) is 24.7 Å². The average Bonchev–Trinajstić information content (AvgIpc) is 3.50. The molecule has 0 spiro atoms. The largest absolute Gasteiger partial charge is 0.350 e. The first kappa shape index (κ1) is 18.6. The molecule has 1 aliphatic carbocycles. The van der Waals surface area contributed by atoms with E-state index in [4.69, 9.17) is 5.73 Å². The van der Waals surface area contributed by atoms with Crippen LogP contribution in [-0.4, -0.2) is 26.9 Å². The van der Waals surface area contributed by atoms with Crippen LogP contribution in [0.25, 0.3) is 0 Å². The molecule has 3 rings (SSSR count). The van der Waals surface area contributed by atoms with Crippen LogP contribution in [0.3, 0.4) is 0 Å². The van der Waals surface area contributed by atoms with Crippen LogP contribution in [0.15, 0.2) is 59.5 Å². The Morgan fingerprint density at radius 3 is 2.54 bits per heavy atom. The summed E-state index contributed by atoms with van der Waals surface area (Å²) >= 11 is 0. The summed E-state index contributed by atoms with van der Waals surface area (Å²) in [5.74, 6) is 0.172. The van der Waals surface area contributed by atoms with Crippen LogP contribution in [0.2, 0.25) is 0 Å². The summed E-state index contributed by atoms with van der Waals surface area (Å²) in [7, 11) is -3.70. The van der Waals surface area contributed by atoms with Crippen molar-refractivity contribution in [3.8, 4) is 0 Å². The summed E-state index contributed by atoms with van der Waals surface area (Å²) in [5, 5.41) is 2.78. The van der Waals surface area contributed by atoms with Crippen LogP contribution < -0.4 is 15.8 Å². The van der Waals surface area contributed by atoms with Crippen molar-refractivity contribution >= 4 is 15.9 Å². The van der Waals surface area contributed by atoms with E-state index in [-0.39, 0.29) is 23.4 Å². The fourth-order valence-corrected chi connectivity index (χ4v) is 3.73. The Balaban J connectivity index is 1.64. The Morgan fingerprint density at radius 1 is 1.12 bits per heavy atom. The van der Waals surface area contributed by atoms with Gasteiger partial charge in [-0.2, -0.15) is 0 Å². The van der Waals surface area contributed by atoms with Crippen LogP contribution in [0, 0.1) is 5.92 Å². The third-order valence-corrected chi connectivity index (χ3v) is 5.84. The fourth-order valence-electron chi connectivity index (χ4n) is 2.67. The molecular formula is C19H23N3O3S. The third-order valence-electron chi connectivity index (χ3n) is 4.44. The standard InChI is InChI=1S/C19H23N3O3S/c20-18(15-9-10-15)13-21-19(23)16-7-4-8-17(11-16)26(24,25)22-12-14-5-2-1-3-6-14/h1-8,11,15,18,22H,9-10,12-13,20H2,(H,21,23). The van der Waals surface area contributed by atoms with Gasteiger partial charge in [-0.15, -0.1) is 0 Å². The molecule has 2 aromatic rings. The van der Waals surface area contributed by atoms with Crippen LogP contribution in [-0.2, 0) is 16.6 Å². The van der Waals surface area contributed by atoms with Crippen molar-refractivity contribution in [3.05, 3.63) is 65.7 Å². The predicted molar refractivity (Wildman–Crippen MR) is 99.9 cm³/mol. The smallest absolute Gasteiger partial charge is 0.251 e. The lowest BCUT2D eigenvalue weighted by Crippen LogP contribution is -2.38. The molecule has 4 N–H and O–H groups in total. The lowest BCUT2D eigenvalue weighted by atomic mass is 10.2. The first-order valence-corrected chi connectivity index (χ1v) is 10.1. The number of carbonyl (C=O) groups is 1. The number of rotatable bonds is 8. The summed E-state index contributed by atoms with van der Waals surface area (Å²) in [6.07, 6.45) is 2.22. The first-order valence-electron chi connectivity index (χ1n) is 8.63. The van der Waals surface area contributed by atoms with Crippen molar-refractivity contribution in [2.24, 2.45) is 11.7 Å². The number of nitrogens with two attached hydrogens (primary N) is 1. The maximum Gasteiger partial charge on any atom is 0.251 e. The highest BCUT2D eigenvalue weighted by Gasteiger charge is 2.28. The molecule has 1 unspecified atom stereocenters. The van der Waals surface area contributed by atoms with Gasteiger partial charge in [-0.3, -0.25) is 4.79 Å². The molecule has 138 valence electrons. The SMILES string of the molecule is NC(CNC(=O)c1cccc(S(=O)(=O)NCc2ccccc2)c1)C1CC1. The molecule has 0 bridgehead atoms. The second-order valence-corrected chi connectivity index (χ2v) is 8.32. The Bertz CT molecular complexity index is 865. The zero-order valence-corrected chi connectivity index (χ0v) is 15.2. The van der Waals surface area contributed by atoms with Gasteiger partial charge in [-0.1, -0.05) is 36.4 Å². The van der Waals surface area contributed by atoms with Gasteiger partial charge in [0.1, 0.15) is 0 Å². The number of sulfonamides is 1. The number of nitrogens with one attached hydrogen (secondary N) is 2. The topological polar surface area (TPSA) is 101 Å². The van der Waals surface area contributed by atoms with Gasteiger partial charge in [0.25, 0.3) is 5.91 Å². The molecule has 0 aromatic heterocycles. The van der Waals surface area contributed by atoms with Gasteiger partial charge in [0.15, 0.2) is 0 Å². The highest BCUT2D eigenvalue weighted by atomic mass is 32.2. The van der Waals surface area contributed by atoms with E-state index in [0.29, 0.717) is 18.0 Å². The van der Waals surface area contributed by atoms with E-state index in [1.807, 2.05) is 30.3 Å². The third kappa shape index (κ3) is 4.91. The van der Waals surface area contributed by atoms with E-state index in [0.717, 1.165) is 18.4 Å². The second kappa shape index (κ2) is 7.99. The van der Waals surface area contributed by atoms with Gasteiger partial charge in [0.2, 0.25) is 10.0 Å². The highest BCUT2D eigenvalue weighted by Crippen LogP contribution is 2.31. The first-order chi connectivity index (χ1) is 12.5. The Kier molecular flexibility index (Phi) is 5.70. The van der Waals surface area contributed by atoms with Crippen LogP contribution in [0.4, 0.5) is 0 Å². The predicted octanol–water partition coefficient (Wildman–Crippen LogP) is 1.63. The molecule has 1 aliphatic rings. The number of hydrogen-bond acceptors (Lipinski definition) is 4. The van der Waals surface area contributed by atoms with Crippen molar-refractivity contribution in [2.75, 3.05) is 6.54 Å². The molecule has 0 aliphatic heterocycles. The molecule has 1 atom stereocenters. The number of benzene rings is 2. The van der Waals surface area contributed by atoms with Crippen LogP contribution >= 0.6 is 0 Å². The van der Waals surface area contributed by atoms with Crippen molar-refractivity contribution < 1.29 is 13.2 Å². The monoisotopic (exact) mass is 373 g/mol. The summed E-state index contributed by atoms with van der Waals surface area (Å²) < 4.78 is 27.5. The molecule has 1 fully saturated rings. The van der Waals surface area contributed by atoms with E-state index < -0.39 is 10.0 Å². The number of amides is 1. The number of hydrogen-bond donors (Lipinski definition) is 3. The molecule has 7 heteroatoms. The molecule has 26 heavy (non-hydrogen) atoms. The second-order valence-electron chi connectivity index (χ2n) is 6.55. The molecule has 0 saturated heterocycles. The fraction of sp³-hybridized carbons (Fsp3) is 0.316. The van der Waals surface area contributed by atoms with Gasteiger partial charge >= 0.3 is 0 Å². The molecular weight excluding hydrogens is 350 g/mol. The molecule has 0 heterocycles. The lowest BCUT2D eigenvalue weighted by molar-refractivity contribution is 0.0950. The maximum absolute atomic E-state index is 12.5. The van der Waals surface area contributed by atoms with E-state index in [2.05, 4.69) is 10.0 Å². The Labute approximate surface area is 153 Å². The van der Waals surface area contributed by atoms with Crippen molar-refractivity contribution in [3.63, 3.8) is 0 Å². The minimum absolute atomic E-state index is 0.0431. The zero-order valence-electron chi connectivity index (χ0n) is 14.4. The number of carbonyl (C=O) groups excluding carboxylic acids is 1. The molecule has 6 nitrogen and oxygen atoms in total. The normalized spacial score (nSPS) is 15.4. The minimum atomic E-state index is -3.70. The summed E-state index contributed by atoms with van der Waals surface area (Å²) in [5.41, 5.74) is 7.14. The maximum atomic E-state index is 12.5. The lowest BCUT2D eigenvalue weighted by Gasteiger charge is -2.12. The van der Waals surface area contributed by atoms with Gasteiger partial charge in [0.05, 0.1) is 4.90 Å². The molecule has 1 amide bonds. The van der Waals surface area contributed by atoms with E-state index in [1.54, 1.807) is 12.1 Å². The van der Waals surface area contributed by atoms with Crippen LogP contribution in [0.1, 0.15) is 28.8 Å². The highest BCUT2D eigenvalue weighted by molar-refractivity contribution is 7.89. The summed E-state index contributed by atoms with van der Waals surface area (Å²) in [6, 6.07) is 15.2.